The molecular formula is C16H16N4O2. The van der Waals surface area contributed by atoms with Crippen molar-refractivity contribution in [3.63, 3.8) is 0 Å². The van der Waals surface area contributed by atoms with E-state index in [0.717, 1.165) is 11.3 Å². The molecule has 2 aromatic carbocycles. The quantitative estimate of drug-likeness (QED) is 0.803. The third-order valence-corrected chi connectivity index (χ3v) is 3.30. The van der Waals surface area contributed by atoms with Gasteiger partial charge in [-0.3, -0.25) is 4.79 Å². The molecule has 1 N–H and O–H groups in total. The highest BCUT2D eigenvalue weighted by Gasteiger charge is 2.09. The van der Waals surface area contributed by atoms with Crippen LogP contribution >= 0.6 is 0 Å². The first kappa shape index (κ1) is 14.1. The summed E-state index contributed by atoms with van der Waals surface area (Å²) in [7, 11) is 1.81. The maximum Gasteiger partial charge on any atom is 0.255 e. The number of hydrogen-bond donors (Lipinski definition) is 1. The Balaban J connectivity index is 1.77. The number of carbonyl (C=O) groups excluding carboxylic acids is 1. The van der Waals surface area contributed by atoms with Gasteiger partial charge in [-0.15, -0.1) is 5.10 Å². The van der Waals surface area contributed by atoms with Crippen LogP contribution in [-0.4, -0.2) is 27.5 Å². The molecule has 3 rings (SSSR count). The number of amides is 1. The molecule has 0 aliphatic heterocycles. The average molecular weight is 296 g/mol. The lowest BCUT2D eigenvalue weighted by Gasteiger charge is -2.07. The Morgan fingerprint density at radius 1 is 1.23 bits per heavy atom. The third-order valence-electron chi connectivity index (χ3n) is 3.30. The fraction of sp³-hybridized carbons (Fsp3) is 0.188. The molecule has 0 aliphatic carbocycles. The summed E-state index contributed by atoms with van der Waals surface area (Å²) in [6.07, 6.45) is 0. The summed E-state index contributed by atoms with van der Waals surface area (Å²) >= 11 is 0. The number of nitrogens with one attached hydrogen (secondary N) is 1. The van der Waals surface area contributed by atoms with E-state index < -0.39 is 0 Å². The summed E-state index contributed by atoms with van der Waals surface area (Å²) < 4.78 is 7.04. The molecule has 1 heterocycles. The van der Waals surface area contributed by atoms with Crippen molar-refractivity contribution in [3.05, 3.63) is 48.0 Å². The van der Waals surface area contributed by atoms with E-state index in [1.54, 1.807) is 16.8 Å². The van der Waals surface area contributed by atoms with E-state index in [4.69, 9.17) is 4.74 Å². The molecule has 1 amide bonds. The maximum atomic E-state index is 12.3. The Hall–Kier alpha value is -2.89. The number of ether oxygens (including phenoxy) is 1. The van der Waals surface area contributed by atoms with Gasteiger partial charge in [0.25, 0.3) is 5.91 Å². The summed E-state index contributed by atoms with van der Waals surface area (Å²) in [6, 6.07) is 12.6. The minimum Gasteiger partial charge on any atom is -0.494 e. The average Bonchev–Trinajstić information content (AvgIpc) is 2.90. The van der Waals surface area contributed by atoms with Gasteiger partial charge >= 0.3 is 0 Å². The number of aromatic nitrogens is 3. The lowest BCUT2D eigenvalue weighted by molar-refractivity contribution is 0.102. The van der Waals surface area contributed by atoms with Crippen molar-refractivity contribution in [2.75, 3.05) is 11.9 Å². The van der Waals surface area contributed by atoms with Crippen LogP contribution in [0, 0.1) is 0 Å². The number of rotatable bonds is 4. The van der Waals surface area contributed by atoms with E-state index in [-0.39, 0.29) is 5.91 Å². The van der Waals surface area contributed by atoms with Gasteiger partial charge in [0.15, 0.2) is 0 Å². The topological polar surface area (TPSA) is 69.0 Å². The van der Waals surface area contributed by atoms with Crippen LogP contribution in [0.25, 0.3) is 11.0 Å². The summed E-state index contributed by atoms with van der Waals surface area (Å²) in [5.74, 6) is 0.596. The molecule has 0 aliphatic rings. The van der Waals surface area contributed by atoms with Gasteiger partial charge in [0.2, 0.25) is 0 Å². The third kappa shape index (κ3) is 2.76. The Morgan fingerprint density at radius 2 is 2.00 bits per heavy atom. The Bertz CT molecular complexity index is 809. The summed E-state index contributed by atoms with van der Waals surface area (Å²) in [5.41, 5.74) is 2.84. The van der Waals surface area contributed by atoms with Gasteiger partial charge in [0, 0.05) is 18.3 Å². The fourth-order valence-corrected chi connectivity index (χ4v) is 2.19. The number of benzene rings is 2. The molecule has 22 heavy (non-hydrogen) atoms. The standard InChI is InChI=1S/C16H16N4O2/c1-3-22-13-7-5-12(6-8-13)17-16(21)11-4-9-15-14(10-11)18-19-20(15)2/h4-10H,3H2,1-2H3,(H,17,21). The van der Waals surface area contributed by atoms with E-state index in [9.17, 15) is 4.79 Å². The molecule has 0 bridgehead atoms. The SMILES string of the molecule is CCOc1ccc(NC(=O)c2ccc3c(c2)nnn3C)cc1. The van der Waals surface area contributed by atoms with Crippen molar-refractivity contribution < 1.29 is 9.53 Å². The number of aryl methyl sites for hydroxylation is 1. The lowest BCUT2D eigenvalue weighted by atomic mass is 10.2. The van der Waals surface area contributed by atoms with Crippen molar-refractivity contribution in [1.29, 1.82) is 0 Å². The van der Waals surface area contributed by atoms with Crippen molar-refractivity contribution in [1.82, 2.24) is 15.0 Å². The number of nitrogens with zero attached hydrogens (tertiary/aromatic N) is 3. The monoisotopic (exact) mass is 296 g/mol. The van der Waals surface area contributed by atoms with Crippen LogP contribution in [0.15, 0.2) is 42.5 Å². The van der Waals surface area contributed by atoms with Crippen molar-refractivity contribution in [3.8, 4) is 5.75 Å². The van der Waals surface area contributed by atoms with Crippen molar-refractivity contribution in [2.24, 2.45) is 7.05 Å². The first-order chi connectivity index (χ1) is 10.7. The highest BCUT2D eigenvalue weighted by atomic mass is 16.5. The number of anilines is 1. The largest absolute Gasteiger partial charge is 0.494 e. The predicted octanol–water partition coefficient (Wildman–Crippen LogP) is 2.62. The summed E-state index contributed by atoms with van der Waals surface area (Å²) in [4.78, 5) is 12.3. The molecule has 0 radical (unpaired) electrons. The van der Waals surface area contributed by atoms with E-state index in [1.807, 2.05) is 44.3 Å². The molecule has 6 heteroatoms. The van der Waals surface area contributed by atoms with Gasteiger partial charge in [0.05, 0.1) is 12.1 Å². The second kappa shape index (κ2) is 5.85. The maximum absolute atomic E-state index is 12.3. The molecular weight excluding hydrogens is 280 g/mol. The first-order valence-electron chi connectivity index (χ1n) is 7.01. The lowest BCUT2D eigenvalue weighted by Crippen LogP contribution is -2.11. The number of fused-ring (bicyclic) bond motifs is 1. The highest BCUT2D eigenvalue weighted by molar-refractivity contribution is 6.05. The molecule has 3 aromatic rings. The molecule has 0 unspecified atom stereocenters. The highest BCUT2D eigenvalue weighted by Crippen LogP contribution is 2.18. The van der Waals surface area contributed by atoms with Crippen LogP contribution in [-0.2, 0) is 7.05 Å². The molecule has 6 nitrogen and oxygen atoms in total. The van der Waals surface area contributed by atoms with Crippen molar-refractivity contribution >= 4 is 22.6 Å². The normalized spacial score (nSPS) is 10.6. The Morgan fingerprint density at radius 3 is 2.73 bits per heavy atom. The van der Waals surface area contributed by atoms with Gasteiger partial charge in [0.1, 0.15) is 11.3 Å². The minimum atomic E-state index is -0.184. The van der Waals surface area contributed by atoms with Gasteiger partial charge in [-0.25, -0.2) is 4.68 Å². The molecule has 0 atom stereocenters. The van der Waals surface area contributed by atoms with Gasteiger partial charge in [-0.05, 0) is 49.4 Å². The number of hydrogen-bond acceptors (Lipinski definition) is 4. The molecule has 0 saturated carbocycles. The zero-order valence-corrected chi connectivity index (χ0v) is 12.4. The van der Waals surface area contributed by atoms with E-state index in [0.29, 0.717) is 23.4 Å². The zero-order valence-electron chi connectivity index (χ0n) is 12.4. The first-order valence-corrected chi connectivity index (χ1v) is 7.01. The van der Waals surface area contributed by atoms with Crippen LogP contribution in [0.5, 0.6) is 5.75 Å². The smallest absolute Gasteiger partial charge is 0.255 e. The molecule has 112 valence electrons. The van der Waals surface area contributed by atoms with E-state index in [2.05, 4.69) is 15.6 Å². The molecule has 0 fully saturated rings. The van der Waals surface area contributed by atoms with Gasteiger partial charge < -0.3 is 10.1 Å². The van der Waals surface area contributed by atoms with Gasteiger partial charge in [-0.1, -0.05) is 5.21 Å². The summed E-state index contributed by atoms with van der Waals surface area (Å²) in [6.45, 7) is 2.54. The van der Waals surface area contributed by atoms with Gasteiger partial charge in [-0.2, -0.15) is 0 Å². The minimum absolute atomic E-state index is 0.184. The molecule has 1 aromatic heterocycles. The zero-order chi connectivity index (χ0) is 15.5. The van der Waals surface area contributed by atoms with Crippen LogP contribution < -0.4 is 10.1 Å². The summed E-state index contributed by atoms with van der Waals surface area (Å²) in [5, 5.41) is 10.8. The van der Waals surface area contributed by atoms with Crippen LogP contribution in [0.3, 0.4) is 0 Å². The Labute approximate surface area is 127 Å². The fourth-order valence-electron chi connectivity index (χ4n) is 2.19. The van der Waals surface area contributed by atoms with Crippen LogP contribution in [0.1, 0.15) is 17.3 Å². The van der Waals surface area contributed by atoms with Crippen LogP contribution in [0.4, 0.5) is 5.69 Å². The van der Waals surface area contributed by atoms with Crippen molar-refractivity contribution in [2.45, 2.75) is 6.92 Å². The Kier molecular flexibility index (Phi) is 3.74. The molecule has 0 saturated heterocycles. The van der Waals surface area contributed by atoms with E-state index in [1.165, 1.54) is 0 Å². The van der Waals surface area contributed by atoms with Crippen LogP contribution in [0.2, 0.25) is 0 Å². The predicted molar refractivity (Wildman–Crippen MR) is 84.1 cm³/mol. The molecule has 0 spiro atoms. The second-order valence-corrected chi connectivity index (χ2v) is 4.83. The number of carbonyl (C=O) groups is 1. The second-order valence-electron chi connectivity index (χ2n) is 4.83. The van der Waals surface area contributed by atoms with E-state index >= 15 is 0 Å².